The Bertz CT molecular complexity index is 252. The van der Waals surface area contributed by atoms with Crippen molar-refractivity contribution in [3.05, 3.63) is 28.7 Å². The van der Waals surface area contributed by atoms with Crippen LogP contribution in [0.2, 0.25) is 0 Å². The number of rotatable bonds is 5. The Hall–Kier alpha value is 0.01000. The maximum absolute atomic E-state index is 3.52. The van der Waals surface area contributed by atoms with Crippen LogP contribution in [0.1, 0.15) is 6.92 Å². The van der Waals surface area contributed by atoms with Gasteiger partial charge in [-0.1, -0.05) is 19.1 Å². The van der Waals surface area contributed by atoms with Crippen molar-refractivity contribution in [2.45, 2.75) is 11.8 Å². The Morgan fingerprint density at radius 1 is 1.38 bits per heavy atom. The first-order valence-electron chi connectivity index (χ1n) is 4.42. The summed E-state index contributed by atoms with van der Waals surface area (Å²) < 4.78 is 1.19. The average Bonchev–Trinajstić information content (AvgIpc) is 2.15. The molecule has 0 bridgehead atoms. The molecular weight excluding hydrogens is 246 g/mol. The van der Waals surface area contributed by atoms with Crippen molar-refractivity contribution in [3.8, 4) is 0 Å². The standard InChI is InChI=1S/C10H14BrNS/c1-2-12-7-8-13-10-6-4-3-5-9(10)11/h3-6,12H,2,7-8H2,1H3. The van der Waals surface area contributed by atoms with Crippen LogP contribution in [0.4, 0.5) is 0 Å². The Labute approximate surface area is 92.4 Å². The zero-order chi connectivity index (χ0) is 9.52. The van der Waals surface area contributed by atoms with Crippen LogP contribution in [-0.4, -0.2) is 18.8 Å². The van der Waals surface area contributed by atoms with Crippen LogP contribution in [0.25, 0.3) is 0 Å². The van der Waals surface area contributed by atoms with E-state index in [-0.39, 0.29) is 0 Å². The summed E-state index contributed by atoms with van der Waals surface area (Å²) in [5, 5.41) is 3.30. The van der Waals surface area contributed by atoms with Gasteiger partial charge in [-0.15, -0.1) is 11.8 Å². The highest BCUT2D eigenvalue weighted by molar-refractivity contribution is 9.10. The summed E-state index contributed by atoms with van der Waals surface area (Å²) in [7, 11) is 0. The largest absolute Gasteiger partial charge is 0.316 e. The van der Waals surface area contributed by atoms with Crippen molar-refractivity contribution in [3.63, 3.8) is 0 Å². The molecule has 0 radical (unpaired) electrons. The quantitative estimate of drug-likeness (QED) is 0.644. The molecule has 1 aromatic rings. The van der Waals surface area contributed by atoms with Crippen LogP contribution >= 0.6 is 27.7 Å². The smallest absolute Gasteiger partial charge is 0.0311 e. The van der Waals surface area contributed by atoms with E-state index in [0.717, 1.165) is 18.8 Å². The third kappa shape index (κ3) is 4.16. The third-order valence-electron chi connectivity index (χ3n) is 1.62. The number of nitrogens with one attached hydrogen (secondary N) is 1. The monoisotopic (exact) mass is 259 g/mol. The molecule has 0 heterocycles. The van der Waals surface area contributed by atoms with Gasteiger partial charge in [-0.2, -0.15) is 0 Å². The van der Waals surface area contributed by atoms with Gasteiger partial charge in [0.2, 0.25) is 0 Å². The molecule has 0 atom stereocenters. The van der Waals surface area contributed by atoms with Crippen molar-refractivity contribution in [1.29, 1.82) is 0 Å². The Kier molecular flexibility index (Phi) is 5.51. The van der Waals surface area contributed by atoms with Crippen LogP contribution < -0.4 is 5.32 Å². The van der Waals surface area contributed by atoms with Gasteiger partial charge < -0.3 is 5.32 Å². The lowest BCUT2D eigenvalue weighted by molar-refractivity contribution is 0.768. The second-order valence-electron chi connectivity index (χ2n) is 2.63. The molecule has 0 aliphatic carbocycles. The topological polar surface area (TPSA) is 12.0 Å². The fraction of sp³-hybridized carbons (Fsp3) is 0.400. The fourth-order valence-electron chi connectivity index (χ4n) is 0.972. The molecule has 3 heteroatoms. The molecule has 0 aliphatic rings. The molecule has 72 valence electrons. The van der Waals surface area contributed by atoms with Gasteiger partial charge in [0.05, 0.1) is 0 Å². The number of benzene rings is 1. The molecule has 1 aromatic carbocycles. The SMILES string of the molecule is CCNCCSc1ccccc1Br. The van der Waals surface area contributed by atoms with E-state index in [9.17, 15) is 0 Å². The van der Waals surface area contributed by atoms with E-state index in [2.05, 4.69) is 46.4 Å². The molecule has 0 unspecified atom stereocenters. The van der Waals surface area contributed by atoms with E-state index in [1.807, 2.05) is 17.8 Å². The van der Waals surface area contributed by atoms with Gasteiger partial charge in [-0.05, 0) is 34.6 Å². The van der Waals surface area contributed by atoms with Gasteiger partial charge >= 0.3 is 0 Å². The Morgan fingerprint density at radius 3 is 2.85 bits per heavy atom. The number of halogens is 1. The summed E-state index contributed by atoms with van der Waals surface area (Å²) in [6, 6.07) is 8.33. The molecule has 0 spiro atoms. The van der Waals surface area contributed by atoms with E-state index in [1.165, 1.54) is 9.37 Å². The molecular formula is C10H14BrNS. The summed E-state index contributed by atoms with van der Waals surface area (Å²) in [5.41, 5.74) is 0. The lowest BCUT2D eigenvalue weighted by Gasteiger charge is -2.03. The van der Waals surface area contributed by atoms with Gasteiger partial charge in [0, 0.05) is 21.7 Å². The zero-order valence-electron chi connectivity index (χ0n) is 7.72. The van der Waals surface area contributed by atoms with Gasteiger partial charge in [-0.3, -0.25) is 0 Å². The minimum Gasteiger partial charge on any atom is -0.316 e. The number of thioether (sulfide) groups is 1. The molecule has 0 amide bonds. The van der Waals surface area contributed by atoms with Crippen molar-refractivity contribution < 1.29 is 0 Å². The molecule has 1 rings (SSSR count). The van der Waals surface area contributed by atoms with E-state index >= 15 is 0 Å². The van der Waals surface area contributed by atoms with E-state index in [4.69, 9.17) is 0 Å². The van der Waals surface area contributed by atoms with E-state index < -0.39 is 0 Å². The van der Waals surface area contributed by atoms with Gasteiger partial charge in [0.25, 0.3) is 0 Å². The van der Waals surface area contributed by atoms with Crippen LogP contribution in [-0.2, 0) is 0 Å². The van der Waals surface area contributed by atoms with Gasteiger partial charge in [0.15, 0.2) is 0 Å². The summed E-state index contributed by atoms with van der Waals surface area (Å²) in [5.74, 6) is 1.12. The lowest BCUT2D eigenvalue weighted by atomic mass is 10.4. The van der Waals surface area contributed by atoms with Crippen molar-refractivity contribution in [1.82, 2.24) is 5.32 Å². The van der Waals surface area contributed by atoms with Gasteiger partial charge in [0.1, 0.15) is 0 Å². The minimum atomic E-state index is 1.05. The predicted octanol–water partition coefficient (Wildman–Crippen LogP) is 3.15. The zero-order valence-corrected chi connectivity index (χ0v) is 10.1. The Morgan fingerprint density at radius 2 is 2.15 bits per heavy atom. The van der Waals surface area contributed by atoms with Crippen LogP contribution in [0, 0.1) is 0 Å². The van der Waals surface area contributed by atoms with Crippen LogP contribution in [0.3, 0.4) is 0 Å². The molecule has 0 fully saturated rings. The lowest BCUT2D eigenvalue weighted by Crippen LogP contribution is -2.15. The van der Waals surface area contributed by atoms with Crippen molar-refractivity contribution in [2.24, 2.45) is 0 Å². The maximum atomic E-state index is 3.52. The van der Waals surface area contributed by atoms with Crippen LogP contribution in [0.5, 0.6) is 0 Å². The number of hydrogen-bond acceptors (Lipinski definition) is 2. The molecule has 0 aromatic heterocycles. The minimum absolute atomic E-state index is 1.05. The van der Waals surface area contributed by atoms with Gasteiger partial charge in [-0.25, -0.2) is 0 Å². The molecule has 0 saturated carbocycles. The summed E-state index contributed by atoms with van der Waals surface area (Å²) >= 11 is 5.40. The highest BCUT2D eigenvalue weighted by Gasteiger charge is 1.97. The first-order chi connectivity index (χ1) is 6.34. The first-order valence-corrected chi connectivity index (χ1v) is 6.20. The summed E-state index contributed by atoms with van der Waals surface area (Å²) in [6.07, 6.45) is 0. The highest BCUT2D eigenvalue weighted by atomic mass is 79.9. The van der Waals surface area contributed by atoms with E-state index in [0.29, 0.717) is 0 Å². The first kappa shape index (κ1) is 11.1. The molecule has 1 N–H and O–H groups in total. The third-order valence-corrected chi connectivity index (χ3v) is 3.65. The highest BCUT2D eigenvalue weighted by Crippen LogP contribution is 2.26. The summed E-state index contributed by atoms with van der Waals surface area (Å²) in [6.45, 7) is 4.25. The molecule has 0 saturated heterocycles. The molecule has 0 aliphatic heterocycles. The molecule has 1 nitrogen and oxygen atoms in total. The van der Waals surface area contributed by atoms with E-state index in [1.54, 1.807) is 0 Å². The maximum Gasteiger partial charge on any atom is 0.0311 e. The average molecular weight is 260 g/mol. The van der Waals surface area contributed by atoms with Crippen LogP contribution in [0.15, 0.2) is 33.6 Å². The normalized spacial score (nSPS) is 10.3. The fourth-order valence-corrected chi connectivity index (χ4v) is 2.45. The second kappa shape index (κ2) is 6.46. The molecule has 13 heavy (non-hydrogen) atoms. The van der Waals surface area contributed by atoms with Crippen molar-refractivity contribution in [2.75, 3.05) is 18.8 Å². The predicted molar refractivity (Wildman–Crippen MR) is 63.4 cm³/mol. The second-order valence-corrected chi connectivity index (χ2v) is 4.62. The summed E-state index contributed by atoms with van der Waals surface area (Å²) in [4.78, 5) is 1.32. The van der Waals surface area contributed by atoms with Crippen molar-refractivity contribution >= 4 is 27.7 Å². The Balaban J connectivity index is 2.32. The number of hydrogen-bond donors (Lipinski definition) is 1.